The van der Waals surface area contributed by atoms with Crippen LogP contribution in [0.5, 0.6) is 5.95 Å². The second-order valence-corrected chi connectivity index (χ2v) is 8.57. The van der Waals surface area contributed by atoms with Crippen molar-refractivity contribution < 1.29 is 27.7 Å². The Kier molecular flexibility index (Phi) is 4.39. The van der Waals surface area contributed by atoms with Gasteiger partial charge in [-0.05, 0) is 17.7 Å². The van der Waals surface area contributed by atoms with Crippen LogP contribution < -0.4 is 14.5 Å². The minimum absolute atomic E-state index is 0.0587. The second-order valence-electron chi connectivity index (χ2n) is 5.95. The largest absolute Gasteiger partial charge is 0.538 e. The molecule has 0 unspecified atom stereocenters. The topological polar surface area (TPSA) is 155 Å². The molecule has 11 nitrogen and oxygen atoms in total. The number of aromatic nitrogens is 3. The molecule has 0 saturated carbocycles. The van der Waals surface area contributed by atoms with Gasteiger partial charge in [0.25, 0.3) is 5.69 Å². The molecule has 0 atom stereocenters. The minimum atomic E-state index is -4.41. The number of nitrogens with one attached hydrogen (secondary N) is 1. The van der Waals surface area contributed by atoms with E-state index in [2.05, 4.69) is 19.5 Å². The van der Waals surface area contributed by atoms with E-state index in [-0.39, 0.29) is 10.8 Å². The van der Waals surface area contributed by atoms with Crippen LogP contribution in [0.25, 0.3) is 15.9 Å². The molecule has 13 heteroatoms. The lowest BCUT2D eigenvalue weighted by molar-refractivity contribution is -0.706. The summed E-state index contributed by atoms with van der Waals surface area (Å²) in [7, 11) is -4.41. The Labute approximate surface area is 167 Å². The maximum Gasteiger partial charge on any atom is 0.373 e. The number of aryl methyl sites for hydroxylation is 1. The van der Waals surface area contributed by atoms with E-state index in [4.69, 9.17) is 0 Å². The molecular weight excluding hydrogens is 422 g/mol. The lowest BCUT2D eigenvalue weighted by atomic mass is 10.2. The van der Waals surface area contributed by atoms with Crippen LogP contribution >= 0.6 is 11.3 Å². The minimum Gasteiger partial charge on any atom is -0.538 e. The molecule has 0 amide bonds. The normalized spacial score (nSPS) is 11.6. The number of fused-ring (bicyclic) bond motifs is 1. The number of sulfonamides is 1. The number of hydrogen-bond donors (Lipinski definition) is 1. The van der Waals surface area contributed by atoms with Gasteiger partial charge < -0.3 is 9.63 Å². The molecule has 0 aliphatic carbocycles. The fourth-order valence-electron chi connectivity index (χ4n) is 2.55. The number of nitro benzene ring substituents is 1. The number of hydrogen-bond acceptors (Lipinski definition) is 9. The van der Waals surface area contributed by atoms with Crippen LogP contribution in [-0.4, -0.2) is 23.6 Å². The predicted octanol–water partition coefficient (Wildman–Crippen LogP) is 1.65. The highest BCUT2D eigenvalue weighted by molar-refractivity contribution is 7.92. The van der Waals surface area contributed by atoms with Gasteiger partial charge in [-0.15, -0.1) is 0 Å². The third-order valence-corrected chi connectivity index (χ3v) is 6.28. The summed E-state index contributed by atoms with van der Waals surface area (Å²) in [6, 6.07) is 10.6. The van der Waals surface area contributed by atoms with E-state index in [0.717, 1.165) is 21.6 Å². The first kappa shape index (κ1) is 18.8. The van der Waals surface area contributed by atoms with Crippen molar-refractivity contribution in [1.82, 2.24) is 10.3 Å². The predicted molar refractivity (Wildman–Crippen MR) is 99.3 cm³/mol. The third kappa shape index (κ3) is 3.48. The fourth-order valence-corrected chi connectivity index (χ4v) is 4.79. The van der Waals surface area contributed by atoms with E-state index in [1.165, 1.54) is 18.2 Å². The maximum absolute atomic E-state index is 12.8. The van der Waals surface area contributed by atoms with Gasteiger partial charge in [0, 0.05) is 24.3 Å². The average molecular weight is 433 g/mol. The number of nitro groups is 1. The first-order valence-electron chi connectivity index (χ1n) is 7.98. The molecule has 0 fully saturated rings. The van der Waals surface area contributed by atoms with E-state index in [1.807, 2.05) is 6.92 Å². The molecule has 4 rings (SSSR count). The summed E-state index contributed by atoms with van der Waals surface area (Å²) in [4.78, 5) is 14.4. The molecule has 0 spiro atoms. The highest BCUT2D eigenvalue weighted by atomic mass is 32.2. The van der Waals surface area contributed by atoms with Crippen molar-refractivity contribution in [2.45, 2.75) is 11.9 Å². The van der Waals surface area contributed by atoms with Crippen LogP contribution in [0.2, 0.25) is 0 Å². The van der Waals surface area contributed by atoms with Gasteiger partial charge in [-0.3, -0.25) is 10.1 Å². The van der Waals surface area contributed by atoms with Crippen molar-refractivity contribution in [1.29, 1.82) is 0 Å². The van der Waals surface area contributed by atoms with Crippen LogP contribution in [-0.2, 0) is 10.0 Å². The summed E-state index contributed by atoms with van der Waals surface area (Å²) >= 11 is 0.894. The van der Waals surface area contributed by atoms with Gasteiger partial charge in [0.15, 0.2) is 11.1 Å². The zero-order chi connectivity index (χ0) is 20.8. The Hall–Kier alpha value is -3.58. The summed E-state index contributed by atoms with van der Waals surface area (Å²) in [5.41, 5.74) is 1.49. The lowest BCUT2D eigenvalue weighted by Gasteiger charge is -2.02. The zero-order valence-electron chi connectivity index (χ0n) is 14.6. The molecule has 0 bridgehead atoms. The molecule has 2 aromatic heterocycles. The number of rotatable bonds is 5. The van der Waals surface area contributed by atoms with Crippen LogP contribution in [0.15, 0.2) is 52.0 Å². The van der Waals surface area contributed by atoms with Gasteiger partial charge in [0.2, 0.25) is 5.69 Å². The molecular formula is C16H11N5O6S2. The van der Waals surface area contributed by atoms with Gasteiger partial charge in [0.05, 0.1) is 20.4 Å². The molecule has 4 aromatic rings. The van der Waals surface area contributed by atoms with Crippen molar-refractivity contribution in [2.24, 2.45) is 0 Å². The zero-order valence-corrected chi connectivity index (χ0v) is 16.2. The van der Waals surface area contributed by atoms with Crippen molar-refractivity contribution in [3.63, 3.8) is 0 Å². The third-order valence-electron chi connectivity index (χ3n) is 3.91. The Morgan fingerprint density at radius 3 is 2.62 bits per heavy atom. The summed E-state index contributed by atoms with van der Waals surface area (Å²) in [6.07, 6.45) is 0. The molecule has 2 heterocycles. The quantitative estimate of drug-likeness (QED) is 0.283. The van der Waals surface area contributed by atoms with Gasteiger partial charge >= 0.3 is 15.0 Å². The molecule has 2 aromatic carbocycles. The van der Waals surface area contributed by atoms with Crippen LogP contribution in [0, 0.1) is 17.0 Å². The number of nitrogens with zero attached hydrogens (tertiary/aromatic N) is 4. The molecule has 0 aliphatic heterocycles. The molecule has 0 saturated heterocycles. The number of thiazole rings is 1. The average Bonchev–Trinajstić information content (AvgIpc) is 3.24. The Bertz CT molecular complexity index is 1340. The summed E-state index contributed by atoms with van der Waals surface area (Å²) < 4.78 is 33.7. The van der Waals surface area contributed by atoms with E-state index in [9.17, 15) is 23.6 Å². The Morgan fingerprint density at radius 1 is 1.21 bits per heavy atom. The highest BCUT2D eigenvalue weighted by Crippen LogP contribution is 2.31. The van der Waals surface area contributed by atoms with E-state index in [0.29, 0.717) is 15.9 Å². The van der Waals surface area contributed by atoms with Crippen molar-refractivity contribution in [3.05, 3.63) is 58.1 Å². The summed E-state index contributed by atoms with van der Waals surface area (Å²) in [5.74, 6) is -1.14. The van der Waals surface area contributed by atoms with Crippen LogP contribution in [0.3, 0.4) is 0 Å². The van der Waals surface area contributed by atoms with Crippen molar-refractivity contribution in [2.75, 3.05) is 4.72 Å². The number of benzene rings is 2. The first-order valence-corrected chi connectivity index (χ1v) is 10.3. The number of non-ortho nitro benzene ring substituents is 1. The molecule has 29 heavy (non-hydrogen) atoms. The van der Waals surface area contributed by atoms with E-state index in [1.54, 1.807) is 24.3 Å². The van der Waals surface area contributed by atoms with Crippen LogP contribution in [0.4, 0.5) is 10.8 Å². The molecule has 0 radical (unpaired) electrons. The monoisotopic (exact) mass is 433 g/mol. The lowest BCUT2D eigenvalue weighted by Crippen LogP contribution is -2.40. The SMILES string of the molecule is Cc1ccc(-[n+]2noc([O-])c2S(=O)(=O)Nc2nc3ccc([N+](=O)[O-])cc3s2)cc1. The van der Waals surface area contributed by atoms with Gasteiger partial charge in [-0.1, -0.05) is 29.0 Å². The summed E-state index contributed by atoms with van der Waals surface area (Å²) in [6.45, 7) is 1.85. The Morgan fingerprint density at radius 2 is 1.93 bits per heavy atom. The van der Waals surface area contributed by atoms with Crippen LogP contribution in [0.1, 0.15) is 5.56 Å². The van der Waals surface area contributed by atoms with E-state index >= 15 is 0 Å². The molecule has 1 N–H and O–H groups in total. The number of anilines is 1. The summed E-state index contributed by atoms with van der Waals surface area (Å²) in [5, 5.41) is 25.7. The highest BCUT2D eigenvalue weighted by Gasteiger charge is 2.34. The Balaban J connectivity index is 1.73. The standard InChI is InChI=1S/C16H11N5O6S2/c1-9-2-4-10(5-3-9)20-14(15(22)27-19-20)29(25,26)18-16-17-12-7-6-11(21(23)24)8-13(12)28-16/h2-8H,1H3,(H-,17,18,19,22). The van der Waals surface area contributed by atoms with Crippen molar-refractivity contribution >= 4 is 42.4 Å². The fraction of sp³-hybridized carbons (Fsp3) is 0.0625. The smallest absolute Gasteiger partial charge is 0.373 e. The van der Waals surface area contributed by atoms with Gasteiger partial charge in [-0.2, -0.15) is 8.42 Å². The molecule has 148 valence electrons. The first-order chi connectivity index (χ1) is 13.7. The molecule has 0 aliphatic rings. The van der Waals surface area contributed by atoms with Crippen molar-refractivity contribution in [3.8, 4) is 11.6 Å². The maximum atomic E-state index is 12.8. The second kappa shape index (κ2) is 6.79. The van der Waals surface area contributed by atoms with Gasteiger partial charge in [0.1, 0.15) is 0 Å². The van der Waals surface area contributed by atoms with E-state index < -0.39 is 25.9 Å². The van der Waals surface area contributed by atoms with Gasteiger partial charge in [-0.25, -0.2) is 9.71 Å².